The zero-order valence-electron chi connectivity index (χ0n) is 18.5. The van der Waals surface area contributed by atoms with Crippen LogP contribution in [0, 0.1) is 0 Å². The molecule has 0 saturated carbocycles. The molecule has 0 bridgehead atoms. The lowest BCUT2D eigenvalue weighted by atomic mass is 9.87. The number of aldehydes is 1. The Kier molecular flexibility index (Phi) is 6.29. The van der Waals surface area contributed by atoms with Gasteiger partial charge >= 0.3 is 6.18 Å². The largest absolute Gasteiger partial charge is 0.418 e. The summed E-state index contributed by atoms with van der Waals surface area (Å²) in [5.41, 5.74) is 1.79. The molecule has 5 rings (SSSR count). The smallest absolute Gasteiger partial charge is 0.298 e. The molecule has 0 atom stereocenters. The Morgan fingerprint density at radius 1 is 0.694 bits per heavy atom. The fourth-order valence-corrected chi connectivity index (χ4v) is 4.58. The number of carbonyl (C=O) groups excluding carboxylic acids is 1. The van der Waals surface area contributed by atoms with Crippen molar-refractivity contribution in [3.05, 3.63) is 112 Å². The van der Waals surface area contributed by atoms with Crippen LogP contribution in [0.25, 0.3) is 44.4 Å². The molecule has 1 heterocycles. The van der Waals surface area contributed by atoms with Crippen molar-refractivity contribution in [2.24, 2.45) is 0 Å². The lowest BCUT2D eigenvalue weighted by molar-refractivity contribution is -0.136. The quantitative estimate of drug-likeness (QED) is 0.220. The lowest BCUT2D eigenvalue weighted by Gasteiger charge is -2.20. The van der Waals surface area contributed by atoms with Crippen LogP contribution in [0.3, 0.4) is 0 Å². The fourth-order valence-electron chi connectivity index (χ4n) is 4.33. The van der Waals surface area contributed by atoms with Crippen LogP contribution in [-0.4, -0.2) is 11.3 Å². The number of hydrogen-bond acceptors (Lipinski definition) is 2. The summed E-state index contributed by atoms with van der Waals surface area (Å²) in [5.74, 6) is 0. The fraction of sp³-hybridized carbons (Fsp3) is 0.0345. The number of aromatic nitrogens is 1. The molecule has 0 aliphatic heterocycles. The van der Waals surface area contributed by atoms with E-state index in [0.29, 0.717) is 44.1 Å². The molecule has 0 radical (unpaired) electrons. The summed E-state index contributed by atoms with van der Waals surface area (Å²) < 4.78 is 42.8. The molecule has 0 aliphatic carbocycles. The molecule has 5 aromatic rings. The molecule has 2 nitrogen and oxygen atoms in total. The van der Waals surface area contributed by atoms with Gasteiger partial charge in [-0.1, -0.05) is 83.9 Å². The Hall–Kier alpha value is -3.67. The number of alkyl halides is 3. The Labute approximate surface area is 214 Å². The van der Waals surface area contributed by atoms with E-state index in [2.05, 4.69) is 4.98 Å². The maximum atomic E-state index is 14.3. The molecule has 0 fully saturated rings. The van der Waals surface area contributed by atoms with Crippen molar-refractivity contribution < 1.29 is 18.0 Å². The van der Waals surface area contributed by atoms with Gasteiger partial charge in [0.05, 0.1) is 16.8 Å². The van der Waals surface area contributed by atoms with E-state index in [-0.39, 0.29) is 22.2 Å². The third kappa shape index (κ3) is 4.36. The van der Waals surface area contributed by atoms with Crippen LogP contribution in [-0.2, 0) is 6.18 Å². The molecule has 0 unspecified atom stereocenters. The topological polar surface area (TPSA) is 30.0 Å². The highest BCUT2D eigenvalue weighted by Crippen LogP contribution is 2.45. The van der Waals surface area contributed by atoms with Crippen LogP contribution in [0.1, 0.15) is 15.9 Å². The number of pyridine rings is 1. The molecule has 36 heavy (non-hydrogen) atoms. The maximum Gasteiger partial charge on any atom is 0.418 e. The average Bonchev–Trinajstić information content (AvgIpc) is 2.87. The van der Waals surface area contributed by atoms with Crippen molar-refractivity contribution >= 4 is 40.4 Å². The normalized spacial score (nSPS) is 11.6. The van der Waals surface area contributed by atoms with E-state index in [9.17, 15) is 18.0 Å². The Balaban J connectivity index is 2.01. The first-order chi connectivity index (χ1) is 17.3. The van der Waals surface area contributed by atoms with E-state index in [1.807, 2.05) is 0 Å². The molecule has 4 aromatic carbocycles. The molecule has 0 aliphatic rings. The van der Waals surface area contributed by atoms with Crippen molar-refractivity contribution in [3.8, 4) is 33.5 Å². The van der Waals surface area contributed by atoms with Gasteiger partial charge < -0.3 is 0 Å². The monoisotopic (exact) mass is 521 g/mol. The molecule has 0 N–H and O–H groups in total. The highest BCUT2D eigenvalue weighted by Gasteiger charge is 2.35. The minimum absolute atomic E-state index is 0.145. The highest BCUT2D eigenvalue weighted by atomic mass is 35.5. The van der Waals surface area contributed by atoms with Crippen LogP contribution in [0.15, 0.2) is 91.0 Å². The summed E-state index contributed by atoms with van der Waals surface area (Å²) in [6.45, 7) is 0. The molecule has 0 amide bonds. The number of nitrogens with zero attached hydrogens (tertiary/aromatic N) is 1. The van der Waals surface area contributed by atoms with Gasteiger partial charge in [-0.25, -0.2) is 4.98 Å². The highest BCUT2D eigenvalue weighted by molar-refractivity contribution is 6.31. The van der Waals surface area contributed by atoms with Gasteiger partial charge in [-0.2, -0.15) is 13.2 Å². The number of halogens is 5. The summed E-state index contributed by atoms with van der Waals surface area (Å²) in [6, 6.07) is 24.6. The zero-order valence-corrected chi connectivity index (χ0v) is 20.0. The van der Waals surface area contributed by atoms with Gasteiger partial charge in [0.25, 0.3) is 0 Å². The van der Waals surface area contributed by atoms with E-state index in [0.717, 1.165) is 6.07 Å². The van der Waals surface area contributed by atoms with Crippen LogP contribution in [0.5, 0.6) is 0 Å². The molecule has 0 saturated heterocycles. The molecule has 0 spiro atoms. The van der Waals surface area contributed by atoms with Crippen molar-refractivity contribution in [2.75, 3.05) is 0 Å². The van der Waals surface area contributed by atoms with Gasteiger partial charge in [-0.05, 0) is 47.0 Å². The summed E-state index contributed by atoms with van der Waals surface area (Å²) in [6.07, 6.45) is -4.03. The average molecular weight is 522 g/mol. The molecule has 178 valence electrons. The third-order valence-corrected chi connectivity index (χ3v) is 6.44. The predicted octanol–water partition coefficient (Wildman–Crippen LogP) is 9.37. The van der Waals surface area contributed by atoms with Gasteiger partial charge in [0.15, 0.2) is 6.29 Å². The Morgan fingerprint density at radius 3 is 1.83 bits per heavy atom. The van der Waals surface area contributed by atoms with Crippen LogP contribution in [0.4, 0.5) is 13.2 Å². The minimum atomic E-state index is -4.67. The Morgan fingerprint density at radius 2 is 1.28 bits per heavy atom. The van der Waals surface area contributed by atoms with Gasteiger partial charge in [0, 0.05) is 32.1 Å². The van der Waals surface area contributed by atoms with E-state index < -0.39 is 11.7 Å². The van der Waals surface area contributed by atoms with E-state index in [1.54, 1.807) is 78.9 Å². The summed E-state index contributed by atoms with van der Waals surface area (Å²) in [5, 5.41) is 1.18. The molecular weight excluding hydrogens is 506 g/mol. The van der Waals surface area contributed by atoms with Crippen molar-refractivity contribution in [2.45, 2.75) is 6.18 Å². The third-order valence-electron chi connectivity index (χ3n) is 5.93. The number of benzene rings is 4. The van der Waals surface area contributed by atoms with Gasteiger partial charge in [-0.15, -0.1) is 0 Å². The SMILES string of the molecule is O=Cc1c(-c2ccc(Cl)cc2)nc2c(C(F)(F)F)ccc(-c3ccc(Cl)cc3)c2c1-c1ccccc1. The van der Waals surface area contributed by atoms with Crippen LogP contribution >= 0.6 is 23.2 Å². The number of carbonyl (C=O) groups is 1. The number of rotatable bonds is 4. The molecular formula is C29H16Cl2F3NO. The van der Waals surface area contributed by atoms with Crippen molar-refractivity contribution in [3.63, 3.8) is 0 Å². The first-order valence-corrected chi connectivity index (χ1v) is 11.6. The summed E-state index contributed by atoms with van der Waals surface area (Å²) >= 11 is 12.1. The summed E-state index contributed by atoms with van der Waals surface area (Å²) in [7, 11) is 0. The molecule has 7 heteroatoms. The minimum Gasteiger partial charge on any atom is -0.298 e. The van der Waals surface area contributed by atoms with E-state index >= 15 is 0 Å². The van der Waals surface area contributed by atoms with Gasteiger partial charge in [0.1, 0.15) is 0 Å². The number of fused-ring (bicyclic) bond motifs is 1. The van der Waals surface area contributed by atoms with E-state index in [4.69, 9.17) is 23.2 Å². The first-order valence-electron chi connectivity index (χ1n) is 10.9. The van der Waals surface area contributed by atoms with E-state index in [1.165, 1.54) is 6.07 Å². The van der Waals surface area contributed by atoms with Gasteiger partial charge in [0.2, 0.25) is 0 Å². The predicted molar refractivity (Wildman–Crippen MR) is 138 cm³/mol. The standard InChI is InChI=1S/C29H16Cl2F3NO/c30-20-10-6-17(7-11-20)22-14-15-24(29(32,33)34)28-26(22)25(18-4-2-1-3-5-18)23(16-36)27(35-28)19-8-12-21(31)13-9-19/h1-16H. The second-order valence-electron chi connectivity index (χ2n) is 8.13. The zero-order chi connectivity index (χ0) is 25.4. The number of hydrogen-bond donors (Lipinski definition) is 0. The maximum absolute atomic E-state index is 14.3. The second kappa shape index (κ2) is 9.41. The first kappa shape index (κ1) is 24.0. The Bertz CT molecular complexity index is 1580. The second-order valence-corrected chi connectivity index (χ2v) is 9.00. The lowest BCUT2D eigenvalue weighted by Crippen LogP contribution is -2.09. The molecule has 1 aromatic heterocycles. The van der Waals surface area contributed by atoms with Crippen molar-refractivity contribution in [1.29, 1.82) is 0 Å². The van der Waals surface area contributed by atoms with Crippen molar-refractivity contribution in [1.82, 2.24) is 4.98 Å². The van der Waals surface area contributed by atoms with Crippen LogP contribution < -0.4 is 0 Å². The summed E-state index contributed by atoms with van der Waals surface area (Å²) in [4.78, 5) is 17.1. The van der Waals surface area contributed by atoms with Gasteiger partial charge in [-0.3, -0.25) is 4.79 Å². The van der Waals surface area contributed by atoms with Crippen LogP contribution in [0.2, 0.25) is 10.0 Å².